The molecule has 0 aliphatic carbocycles. The largest absolute Gasteiger partial charge is 0.382 e. The summed E-state index contributed by atoms with van der Waals surface area (Å²) in [5.74, 6) is -1.04. The number of sulfonamides is 1. The van der Waals surface area contributed by atoms with Gasteiger partial charge in [0.05, 0.1) is 10.0 Å². The van der Waals surface area contributed by atoms with Crippen LogP contribution < -0.4 is 10.5 Å². The maximum absolute atomic E-state index is 11.9. The fourth-order valence-corrected chi connectivity index (χ4v) is 3.28. The summed E-state index contributed by atoms with van der Waals surface area (Å²) >= 11 is 11.5. The molecular formula is C9H10Cl2N2O4S. The Morgan fingerprint density at radius 2 is 1.89 bits per heavy atom. The van der Waals surface area contributed by atoms with Crippen molar-refractivity contribution in [2.24, 2.45) is 5.73 Å². The molecule has 9 heteroatoms. The highest BCUT2D eigenvalue weighted by Crippen LogP contribution is 2.28. The molecule has 100 valence electrons. The molecule has 0 fully saturated rings. The van der Waals surface area contributed by atoms with Crippen LogP contribution in [-0.2, 0) is 14.8 Å². The van der Waals surface area contributed by atoms with Gasteiger partial charge in [-0.1, -0.05) is 29.3 Å². The van der Waals surface area contributed by atoms with E-state index in [1.54, 1.807) is 0 Å². The lowest BCUT2D eigenvalue weighted by Crippen LogP contribution is -2.40. The number of nitrogens with one attached hydrogen (secondary N) is 1. The third kappa shape index (κ3) is 3.56. The Morgan fingerprint density at radius 1 is 1.39 bits per heavy atom. The first-order chi connectivity index (χ1) is 8.25. The van der Waals surface area contributed by atoms with Crippen LogP contribution in [0.4, 0.5) is 0 Å². The van der Waals surface area contributed by atoms with Gasteiger partial charge in [0, 0.05) is 6.54 Å². The second-order valence-electron chi connectivity index (χ2n) is 3.32. The summed E-state index contributed by atoms with van der Waals surface area (Å²) < 4.78 is 25.7. The summed E-state index contributed by atoms with van der Waals surface area (Å²) in [6.07, 6.45) is -1.62. The lowest BCUT2D eigenvalue weighted by molar-refractivity contribution is -0.125. The van der Waals surface area contributed by atoms with Crippen molar-refractivity contribution in [3.63, 3.8) is 0 Å². The van der Waals surface area contributed by atoms with E-state index in [-0.39, 0.29) is 14.9 Å². The molecule has 1 atom stereocenters. The molecule has 0 heterocycles. The van der Waals surface area contributed by atoms with Gasteiger partial charge in [0.2, 0.25) is 15.9 Å². The van der Waals surface area contributed by atoms with Crippen LogP contribution in [0.2, 0.25) is 10.0 Å². The van der Waals surface area contributed by atoms with Crippen LogP contribution >= 0.6 is 23.2 Å². The minimum atomic E-state index is -4.03. The first-order valence-corrected chi connectivity index (χ1v) is 6.90. The van der Waals surface area contributed by atoms with Gasteiger partial charge in [-0.2, -0.15) is 0 Å². The van der Waals surface area contributed by atoms with Crippen molar-refractivity contribution >= 4 is 39.1 Å². The summed E-state index contributed by atoms with van der Waals surface area (Å²) in [7, 11) is -4.03. The highest BCUT2D eigenvalue weighted by molar-refractivity contribution is 7.89. The van der Waals surface area contributed by atoms with Crippen LogP contribution in [0.25, 0.3) is 0 Å². The number of carbonyl (C=O) groups is 1. The van der Waals surface area contributed by atoms with Gasteiger partial charge < -0.3 is 10.8 Å². The van der Waals surface area contributed by atoms with Gasteiger partial charge in [-0.15, -0.1) is 0 Å². The predicted octanol–water partition coefficient (Wildman–Crippen LogP) is 0.118. The topological polar surface area (TPSA) is 109 Å². The molecule has 0 saturated carbocycles. The van der Waals surface area contributed by atoms with Crippen molar-refractivity contribution in [3.05, 3.63) is 28.2 Å². The molecule has 1 aromatic rings. The van der Waals surface area contributed by atoms with E-state index in [1.165, 1.54) is 18.2 Å². The number of halogens is 2. The summed E-state index contributed by atoms with van der Waals surface area (Å²) in [4.78, 5) is 10.3. The van der Waals surface area contributed by atoms with Gasteiger partial charge in [0.15, 0.2) is 0 Å². The summed E-state index contributed by atoms with van der Waals surface area (Å²) in [5, 5.41) is 8.98. The van der Waals surface area contributed by atoms with E-state index in [0.717, 1.165) is 0 Å². The van der Waals surface area contributed by atoms with Gasteiger partial charge in [-0.25, -0.2) is 13.1 Å². The zero-order valence-electron chi connectivity index (χ0n) is 8.93. The smallest absolute Gasteiger partial charge is 0.247 e. The zero-order valence-corrected chi connectivity index (χ0v) is 11.3. The van der Waals surface area contributed by atoms with Crippen molar-refractivity contribution in [1.29, 1.82) is 0 Å². The monoisotopic (exact) mass is 312 g/mol. The minimum Gasteiger partial charge on any atom is -0.382 e. The quantitative estimate of drug-likeness (QED) is 0.717. The van der Waals surface area contributed by atoms with Crippen molar-refractivity contribution in [2.45, 2.75) is 11.0 Å². The summed E-state index contributed by atoms with van der Waals surface area (Å²) in [6, 6.07) is 4.20. The Hall–Kier alpha value is -0.860. The van der Waals surface area contributed by atoms with Gasteiger partial charge in [0.25, 0.3) is 0 Å². The van der Waals surface area contributed by atoms with Crippen molar-refractivity contribution < 1.29 is 18.3 Å². The van der Waals surface area contributed by atoms with E-state index in [2.05, 4.69) is 0 Å². The van der Waals surface area contributed by atoms with E-state index >= 15 is 0 Å². The zero-order chi connectivity index (χ0) is 13.9. The average molecular weight is 313 g/mol. The molecule has 1 amide bonds. The third-order valence-corrected chi connectivity index (χ3v) is 4.36. The molecule has 0 bridgehead atoms. The molecule has 1 aromatic carbocycles. The summed E-state index contributed by atoms with van der Waals surface area (Å²) in [6.45, 7) is -0.556. The molecule has 0 aliphatic rings. The number of carbonyl (C=O) groups excluding carboxylic acids is 1. The van der Waals surface area contributed by atoms with Crippen molar-refractivity contribution in [2.75, 3.05) is 6.54 Å². The lowest BCUT2D eigenvalue weighted by atomic mass is 10.3. The fourth-order valence-electron chi connectivity index (χ4n) is 1.10. The maximum atomic E-state index is 11.9. The fraction of sp³-hybridized carbons (Fsp3) is 0.222. The van der Waals surface area contributed by atoms with Crippen molar-refractivity contribution in [3.8, 4) is 0 Å². The normalized spacial score (nSPS) is 13.3. The van der Waals surface area contributed by atoms with E-state index in [9.17, 15) is 13.2 Å². The van der Waals surface area contributed by atoms with Crippen LogP contribution in [-0.4, -0.2) is 32.1 Å². The second kappa shape index (κ2) is 5.85. The predicted molar refractivity (Wildman–Crippen MR) is 66.9 cm³/mol. The molecule has 6 nitrogen and oxygen atoms in total. The third-order valence-electron chi connectivity index (χ3n) is 1.98. The molecular weight excluding hydrogens is 303 g/mol. The molecule has 1 rings (SSSR count). The molecule has 0 saturated heterocycles. The standard InChI is InChI=1S/C9H10Cl2N2O4S/c10-5-2-1-3-6(11)8(5)18(16,17)13-4-7(14)9(12)15/h1-3,7,13-14H,4H2,(H2,12,15). The molecule has 0 spiro atoms. The highest BCUT2D eigenvalue weighted by Gasteiger charge is 2.23. The van der Waals surface area contributed by atoms with Gasteiger partial charge >= 0.3 is 0 Å². The Labute approximate surface area is 114 Å². The van der Waals surface area contributed by atoms with Gasteiger partial charge in [-0.05, 0) is 12.1 Å². The van der Waals surface area contributed by atoms with Gasteiger partial charge in [0.1, 0.15) is 11.0 Å². The van der Waals surface area contributed by atoms with Crippen LogP contribution in [0.15, 0.2) is 23.1 Å². The van der Waals surface area contributed by atoms with Crippen LogP contribution in [0.1, 0.15) is 0 Å². The number of aliphatic hydroxyl groups excluding tert-OH is 1. The number of hydrogen-bond donors (Lipinski definition) is 3. The van der Waals surface area contributed by atoms with E-state index < -0.39 is 28.6 Å². The first kappa shape index (κ1) is 15.2. The minimum absolute atomic E-state index is 0.0661. The van der Waals surface area contributed by atoms with Crippen LogP contribution in [0.3, 0.4) is 0 Å². The average Bonchev–Trinajstić information content (AvgIpc) is 2.25. The molecule has 0 aliphatic heterocycles. The Morgan fingerprint density at radius 3 is 2.33 bits per heavy atom. The molecule has 4 N–H and O–H groups in total. The number of hydrogen-bond acceptors (Lipinski definition) is 4. The number of amides is 1. The number of primary amides is 1. The van der Waals surface area contributed by atoms with Crippen molar-refractivity contribution in [1.82, 2.24) is 4.72 Å². The second-order valence-corrected chi connectivity index (χ2v) is 5.84. The molecule has 18 heavy (non-hydrogen) atoms. The number of aliphatic hydroxyl groups is 1. The molecule has 1 unspecified atom stereocenters. The Balaban J connectivity index is 2.98. The maximum Gasteiger partial charge on any atom is 0.247 e. The Kier molecular flexibility index (Phi) is 4.94. The van der Waals surface area contributed by atoms with Crippen LogP contribution in [0.5, 0.6) is 0 Å². The van der Waals surface area contributed by atoms with E-state index in [0.29, 0.717) is 0 Å². The summed E-state index contributed by atoms with van der Waals surface area (Å²) in [5.41, 5.74) is 4.79. The number of nitrogens with two attached hydrogens (primary N) is 1. The first-order valence-electron chi connectivity index (χ1n) is 4.67. The van der Waals surface area contributed by atoms with Gasteiger partial charge in [-0.3, -0.25) is 4.79 Å². The molecule has 0 radical (unpaired) electrons. The van der Waals surface area contributed by atoms with E-state index in [4.69, 9.17) is 34.0 Å². The Bertz CT molecular complexity index is 541. The SMILES string of the molecule is NC(=O)C(O)CNS(=O)(=O)c1c(Cl)cccc1Cl. The number of rotatable bonds is 5. The van der Waals surface area contributed by atoms with Crippen LogP contribution in [0, 0.1) is 0 Å². The highest BCUT2D eigenvalue weighted by atomic mass is 35.5. The van der Waals surface area contributed by atoms with E-state index in [1.807, 2.05) is 4.72 Å². The molecule has 0 aromatic heterocycles. The lowest BCUT2D eigenvalue weighted by Gasteiger charge is -2.11. The number of benzene rings is 1.